The molecule has 114 valence electrons. The highest BCUT2D eigenvalue weighted by molar-refractivity contribution is 5.20. The first kappa shape index (κ1) is 17.1. The van der Waals surface area contributed by atoms with Crippen LogP contribution < -0.4 is 5.32 Å². The fourth-order valence-electron chi connectivity index (χ4n) is 2.56. The maximum atomic E-state index is 13.4. The van der Waals surface area contributed by atoms with Gasteiger partial charge in [0, 0.05) is 12.6 Å². The first-order chi connectivity index (χ1) is 9.56. The molecule has 20 heavy (non-hydrogen) atoms. The molecule has 0 heterocycles. The molecule has 1 atom stereocenters. The lowest BCUT2D eigenvalue weighted by Gasteiger charge is -2.26. The zero-order chi connectivity index (χ0) is 15.0. The van der Waals surface area contributed by atoms with E-state index in [4.69, 9.17) is 0 Å². The molecule has 0 saturated carbocycles. The van der Waals surface area contributed by atoms with Crippen LogP contribution in [0, 0.1) is 11.7 Å². The smallest absolute Gasteiger partial charge is 0.123 e. The average molecular weight is 280 g/mol. The van der Waals surface area contributed by atoms with Crippen LogP contribution in [0.5, 0.6) is 0 Å². The second kappa shape index (κ2) is 9.09. The van der Waals surface area contributed by atoms with Gasteiger partial charge in [-0.05, 0) is 49.7 Å². The molecule has 0 amide bonds. The Hall–Kier alpha value is -0.930. The van der Waals surface area contributed by atoms with Crippen LogP contribution in [-0.2, 0) is 0 Å². The van der Waals surface area contributed by atoms with Crippen molar-refractivity contribution in [2.45, 2.75) is 40.2 Å². The summed E-state index contributed by atoms with van der Waals surface area (Å²) in [6, 6.07) is 7.18. The molecule has 0 aliphatic rings. The number of rotatable bonds is 9. The maximum Gasteiger partial charge on any atom is 0.123 e. The lowest BCUT2D eigenvalue weighted by Crippen LogP contribution is -2.32. The van der Waals surface area contributed by atoms with Gasteiger partial charge in [0.05, 0.1) is 0 Å². The zero-order valence-corrected chi connectivity index (χ0v) is 13.3. The van der Waals surface area contributed by atoms with Crippen LogP contribution in [0.2, 0.25) is 0 Å². The second-order valence-electron chi connectivity index (χ2n) is 5.74. The Morgan fingerprint density at radius 1 is 1.25 bits per heavy atom. The van der Waals surface area contributed by atoms with Crippen LogP contribution in [-0.4, -0.2) is 31.1 Å². The van der Waals surface area contributed by atoms with E-state index in [1.54, 1.807) is 12.1 Å². The summed E-state index contributed by atoms with van der Waals surface area (Å²) in [6.45, 7) is 12.9. The predicted molar refractivity (Wildman–Crippen MR) is 84.4 cm³/mol. The minimum Gasteiger partial charge on any atom is -0.310 e. The number of nitrogens with one attached hydrogen (secondary N) is 1. The van der Waals surface area contributed by atoms with Gasteiger partial charge in [-0.2, -0.15) is 0 Å². The summed E-state index contributed by atoms with van der Waals surface area (Å²) in [5.74, 6) is 0.529. The van der Waals surface area contributed by atoms with Crippen LogP contribution in [0.3, 0.4) is 0 Å². The molecule has 0 bridgehead atoms. The van der Waals surface area contributed by atoms with Crippen molar-refractivity contribution in [1.29, 1.82) is 0 Å². The highest BCUT2D eigenvalue weighted by Gasteiger charge is 2.13. The third-order valence-corrected chi connectivity index (χ3v) is 3.51. The molecule has 1 aromatic rings. The van der Waals surface area contributed by atoms with Gasteiger partial charge in [0.2, 0.25) is 0 Å². The Morgan fingerprint density at radius 3 is 2.55 bits per heavy atom. The van der Waals surface area contributed by atoms with Gasteiger partial charge in [-0.25, -0.2) is 4.39 Å². The molecule has 3 heteroatoms. The van der Waals surface area contributed by atoms with Crippen molar-refractivity contribution in [3.8, 4) is 0 Å². The Bertz CT molecular complexity index is 379. The molecule has 0 fully saturated rings. The lowest BCUT2D eigenvalue weighted by molar-refractivity contribution is 0.242. The normalized spacial score (nSPS) is 13.2. The number of nitrogens with zero attached hydrogens (tertiary/aromatic N) is 1. The first-order valence-corrected chi connectivity index (χ1v) is 7.78. The van der Waals surface area contributed by atoms with Crippen molar-refractivity contribution < 1.29 is 4.39 Å². The van der Waals surface area contributed by atoms with Crippen molar-refractivity contribution in [2.24, 2.45) is 5.92 Å². The topological polar surface area (TPSA) is 15.3 Å². The monoisotopic (exact) mass is 280 g/mol. The minimum absolute atomic E-state index is 0.153. The van der Waals surface area contributed by atoms with E-state index < -0.39 is 0 Å². The first-order valence-electron chi connectivity index (χ1n) is 7.78. The molecule has 1 rings (SSSR count). The minimum atomic E-state index is -0.153. The van der Waals surface area contributed by atoms with Crippen LogP contribution in [0.4, 0.5) is 4.39 Å². The Balaban J connectivity index is 2.63. The molecule has 0 aromatic heterocycles. The standard InChI is InChI=1S/C17H29FN2/c1-5-19-17(15-8-7-9-16(18)12-15)10-11-20(6-2)13-14(3)4/h7-9,12,14,17,19H,5-6,10-11,13H2,1-4H3. The molecular formula is C17H29FN2. The van der Waals surface area contributed by atoms with Crippen LogP contribution in [0.1, 0.15) is 45.7 Å². The van der Waals surface area contributed by atoms with Crippen molar-refractivity contribution in [3.05, 3.63) is 35.6 Å². The average Bonchev–Trinajstić information content (AvgIpc) is 2.41. The lowest BCUT2D eigenvalue weighted by atomic mass is 10.0. The van der Waals surface area contributed by atoms with E-state index in [0.29, 0.717) is 5.92 Å². The van der Waals surface area contributed by atoms with Gasteiger partial charge in [-0.3, -0.25) is 0 Å². The molecule has 0 aliphatic carbocycles. The van der Waals surface area contributed by atoms with E-state index in [-0.39, 0.29) is 11.9 Å². The third-order valence-electron chi connectivity index (χ3n) is 3.51. The van der Waals surface area contributed by atoms with Gasteiger partial charge in [0.25, 0.3) is 0 Å². The number of hydrogen-bond donors (Lipinski definition) is 1. The maximum absolute atomic E-state index is 13.4. The van der Waals surface area contributed by atoms with E-state index in [1.807, 2.05) is 6.07 Å². The fourth-order valence-corrected chi connectivity index (χ4v) is 2.56. The van der Waals surface area contributed by atoms with E-state index in [2.05, 4.69) is 37.9 Å². The summed E-state index contributed by atoms with van der Waals surface area (Å²) < 4.78 is 13.4. The molecular weight excluding hydrogens is 251 g/mol. The van der Waals surface area contributed by atoms with Gasteiger partial charge in [-0.1, -0.05) is 39.8 Å². The zero-order valence-electron chi connectivity index (χ0n) is 13.3. The molecule has 1 N–H and O–H groups in total. The van der Waals surface area contributed by atoms with E-state index in [0.717, 1.165) is 38.2 Å². The van der Waals surface area contributed by atoms with E-state index in [9.17, 15) is 4.39 Å². The van der Waals surface area contributed by atoms with Gasteiger partial charge in [0.1, 0.15) is 5.82 Å². The number of halogens is 1. The second-order valence-corrected chi connectivity index (χ2v) is 5.74. The van der Waals surface area contributed by atoms with Crippen LogP contribution in [0.25, 0.3) is 0 Å². The van der Waals surface area contributed by atoms with Crippen LogP contribution in [0.15, 0.2) is 24.3 Å². The van der Waals surface area contributed by atoms with Crippen molar-refractivity contribution in [2.75, 3.05) is 26.2 Å². The Kier molecular flexibility index (Phi) is 7.78. The molecule has 2 nitrogen and oxygen atoms in total. The van der Waals surface area contributed by atoms with Crippen molar-refractivity contribution in [3.63, 3.8) is 0 Å². The quantitative estimate of drug-likeness (QED) is 0.739. The highest BCUT2D eigenvalue weighted by atomic mass is 19.1. The third kappa shape index (κ3) is 6.02. The molecule has 1 aromatic carbocycles. The van der Waals surface area contributed by atoms with Crippen molar-refractivity contribution >= 4 is 0 Å². The summed E-state index contributed by atoms with van der Waals surface area (Å²) in [5.41, 5.74) is 1.05. The van der Waals surface area contributed by atoms with E-state index in [1.165, 1.54) is 6.07 Å². The van der Waals surface area contributed by atoms with E-state index >= 15 is 0 Å². The molecule has 0 spiro atoms. The Labute approximate surface area is 123 Å². The summed E-state index contributed by atoms with van der Waals surface area (Å²) in [6.07, 6.45) is 1.01. The van der Waals surface area contributed by atoms with Crippen LogP contribution >= 0.6 is 0 Å². The largest absolute Gasteiger partial charge is 0.310 e. The summed E-state index contributed by atoms with van der Waals surface area (Å²) in [7, 11) is 0. The Morgan fingerprint density at radius 2 is 2.00 bits per heavy atom. The van der Waals surface area contributed by atoms with Crippen molar-refractivity contribution in [1.82, 2.24) is 10.2 Å². The van der Waals surface area contributed by atoms with Gasteiger partial charge in [-0.15, -0.1) is 0 Å². The summed E-state index contributed by atoms with van der Waals surface area (Å²) in [5, 5.41) is 3.47. The molecule has 0 aliphatic heterocycles. The SMILES string of the molecule is CCNC(CCN(CC)CC(C)C)c1cccc(F)c1. The molecule has 1 unspecified atom stereocenters. The predicted octanol–water partition coefficient (Wildman–Crippen LogP) is 3.84. The molecule has 0 radical (unpaired) electrons. The number of benzene rings is 1. The van der Waals surface area contributed by atoms with Gasteiger partial charge in [0.15, 0.2) is 0 Å². The van der Waals surface area contributed by atoms with Gasteiger partial charge < -0.3 is 10.2 Å². The molecule has 0 saturated heterocycles. The summed E-state index contributed by atoms with van der Waals surface area (Å²) in [4.78, 5) is 2.47. The fraction of sp³-hybridized carbons (Fsp3) is 0.647. The van der Waals surface area contributed by atoms with Gasteiger partial charge >= 0.3 is 0 Å². The number of hydrogen-bond acceptors (Lipinski definition) is 2. The summed E-state index contributed by atoms with van der Waals surface area (Å²) >= 11 is 0. The highest BCUT2D eigenvalue weighted by Crippen LogP contribution is 2.18.